The lowest BCUT2D eigenvalue weighted by Gasteiger charge is -2.35. The van der Waals surface area contributed by atoms with Crippen LogP contribution in [0.1, 0.15) is 24.0 Å². The molecular weight excluding hydrogens is 298 g/mol. The first-order chi connectivity index (χ1) is 9.32. The van der Waals surface area contributed by atoms with Crippen molar-refractivity contribution in [2.24, 2.45) is 0 Å². The molecule has 0 bridgehead atoms. The summed E-state index contributed by atoms with van der Waals surface area (Å²) in [5.41, 5.74) is 2.64. The standard InChI is InChI=1S/C17H18BrN/c18-17(16-12-7-13-19-16,14-8-3-1-4-9-14)15-10-5-2-6-11-15/h1-6,8-11,16,19H,7,12-13H2/t16-/m0/s1. The van der Waals surface area contributed by atoms with Gasteiger partial charge in [0.05, 0.1) is 4.32 Å². The zero-order valence-electron chi connectivity index (χ0n) is 10.9. The van der Waals surface area contributed by atoms with Gasteiger partial charge >= 0.3 is 0 Å². The average Bonchev–Trinajstić information content (AvgIpc) is 3.03. The Morgan fingerprint density at radius 1 is 0.895 bits per heavy atom. The second-order valence-corrected chi connectivity index (χ2v) is 6.34. The average molecular weight is 316 g/mol. The monoisotopic (exact) mass is 315 g/mol. The molecule has 0 aliphatic carbocycles. The molecule has 2 aromatic carbocycles. The maximum Gasteiger partial charge on any atom is 0.0907 e. The second kappa shape index (κ2) is 5.48. The van der Waals surface area contributed by atoms with E-state index < -0.39 is 0 Å². The topological polar surface area (TPSA) is 12.0 Å². The summed E-state index contributed by atoms with van der Waals surface area (Å²) in [6.07, 6.45) is 2.45. The molecular formula is C17H18BrN. The summed E-state index contributed by atoms with van der Waals surface area (Å²) in [5, 5.41) is 3.65. The highest BCUT2D eigenvalue weighted by Gasteiger charge is 2.40. The van der Waals surface area contributed by atoms with Gasteiger partial charge in [-0.3, -0.25) is 0 Å². The Balaban J connectivity index is 2.10. The molecule has 1 N–H and O–H groups in total. The fraction of sp³-hybridized carbons (Fsp3) is 0.294. The van der Waals surface area contributed by atoms with E-state index in [0.29, 0.717) is 6.04 Å². The number of rotatable bonds is 3. The van der Waals surface area contributed by atoms with Crippen LogP contribution in [0.2, 0.25) is 0 Å². The van der Waals surface area contributed by atoms with E-state index in [1.165, 1.54) is 24.0 Å². The van der Waals surface area contributed by atoms with Gasteiger partial charge in [0.1, 0.15) is 0 Å². The quantitative estimate of drug-likeness (QED) is 0.842. The van der Waals surface area contributed by atoms with Gasteiger partial charge in [0.2, 0.25) is 0 Å². The van der Waals surface area contributed by atoms with Crippen molar-refractivity contribution in [1.82, 2.24) is 5.32 Å². The Bertz CT molecular complexity index is 478. The van der Waals surface area contributed by atoms with E-state index in [1.54, 1.807) is 0 Å². The molecule has 2 heteroatoms. The smallest absolute Gasteiger partial charge is 0.0907 e. The van der Waals surface area contributed by atoms with Gasteiger partial charge in [0.15, 0.2) is 0 Å². The molecule has 1 aliphatic rings. The predicted octanol–water partition coefficient (Wildman–Crippen LogP) is 4.08. The fourth-order valence-electron chi connectivity index (χ4n) is 2.95. The van der Waals surface area contributed by atoms with E-state index in [9.17, 15) is 0 Å². The van der Waals surface area contributed by atoms with Crippen LogP contribution in [0.5, 0.6) is 0 Å². The normalized spacial score (nSPS) is 19.5. The predicted molar refractivity (Wildman–Crippen MR) is 83.6 cm³/mol. The summed E-state index contributed by atoms with van der Waals surface area (Å²) in [4.78, 5) is 0. The SMILES string of the molecule is BrC(c1ccccc1)(c1ccccc1)[C@@H]1CCCN1. The van der Waals surface area contributed by atoms with Crippen LogP contribution in [-0.4, -0.2) is 12.6 Å². The number of halogens is 1. The van der Waals surface area contributed by atoms with Crippen LogP contribution in [0, 0.1) is 0 Å². The van der Waals surface area contributed by atoms with E-state index in [-0.39, 0.29) is 4.32 Å². The summed E-state index contributed by atoms with van der Waals surface area (Å²) in [5.74, 6) is 0. The van der Waals surface area contributed by atoms with Gasteiger partial charge in [-0.2, -0.15) is 0 Å². The molecule has 98 valence electrons. The summed E-state index contributed by atoms with van der Waals surface area (Å²) in [6, 6.07) is 21.9. The first kappa shape index (κ1) is 12.9. The summed E-state index contributed by atoms with van der Waals surface area (Å²) in [6.45, 7) is 1.11. The van der Waals surface area contributed by atoms with Gasteiger partial charge in [0, 0.05) is 6.04 Å². The Kier molecular flexibility index (Phi) is 3.72. The number of hydrogen-bond acceptors (Lipinski definition) is 1. The minimum absolute atomic E-state index is 0.133. The van der Waals surface area contributed by atoms with E-state index in [0.717, 1.165) is 6.54 Å². The van der Waals surface area contributed by atoms with Crippen molar-refractivity contribution in [2.75, 3.05) is 6.54 Å². The Morgan fingerprint density at radius 3 is 1.84 bits per heavy atom. The molecule has 0 saturated carbocycles. The number of benzene rings is 2. The third-order valence-electron chi connectivity index (χ3n) is 3.93. The Morgan fingerprint density at radius 2 is 1.42 bits per heavy atom. The minimum atomic E-state index is -0.133. The molecule has 2 aromatic rings. The summed E-state index contributed by atoms with van der Waals surface area (Å²) in [7, 11) is 0. The third-order valence-corrected chi connectivity index (χ3v) is 5.40. The molecule has 1 fully saturated rings. The molecule has 3 rings (SSSR count). The number of hydrogen-bond donors (Lipinski definition) is 1. The lowest BCUT2D eigenvalue weighted by Crippen LogP contribution is -2.41. The zero-order valence-corrected chi connectivity index (χ0v) is 12.4. The van der Waals surface area contributed by atoms with Gasteiger partial charge in [-0.05, 0) is 30.5 Å². The maximum absolute atomic E-state index is 4.07. The second-order valence-electron chi connectivity index (χ2n) is 5.09. The van der Waals surface area contributed by atoms with Crippen molar-refractivity contribution in [3.8, 4) is 0 Å². The Hall–Kier alpha value is -1.12. The first-order valence-electron chi connectivity index (χ1n) is 6.85. The molecule has 0 aromatic heterocycles. The van der Waals surface area contributed by atoms with Gasteiger partial charge < -0.3 is 5.32 Å². The van der Waals surface area contributed by atoms with Crippen LogP contribution >= 0.6 is 15.9 Å². The molecule has 0 unspecified atom stereocenters. The van der Waals surface area contributed by atoms with Crippen LogP contribution in [0.4, 0.5) is 0 Å². The Labute approximate surface area is 123 Å². The lowest BCUT2D eigenvalue weighted by atomic mass is 9.84. The lowest BCUT2D eigenvalue weighted by molar-refractivity contribution is 0.511. The van der Waals surface area contributed by atoms with E-state index >= 15 is 0 Å². The molecule has 1 saturated heterocycles. The van der Waals surface area contributed by atoms with Crippen molar-refractivity contribution in [1.29, 1.82) is 0 Å². The van der Waals surface area contributed by atoms with Crippen molar-refractivity contribution in [3.63, 3.8) is 0 Å². The molecule has 0 spiro atoms. The highest BCUT2D eigenvalue weighted by molar-refractivity contribution is 9.09. The summed E-state index contributed by atoms with van der Waals surface area (Å²) < 4.78 is -0.133. The number of alkyl halides is 1. The molecule has 19 heavy (non-hydrogen) atoms. The molecule has 1 atom stereocenters. The van der Waals surface area contributed by atoms with Gasteiger partial charge in [-0.15, -0.1) is 0 Å². The molecule has 0 radical (unpaired) electrons. The van der Waals surface area contributed by atoms with Gasteiger partial charge in [0.25, 0.3) is 0 Å². The molecule has 1 heterocycles. The zero-order chi connectivity index (χ0) is 13.1. The maximum atomic E-state index is 4.07. The van der Waals surface area contributed by atoms with Crippen molar-refractivity contribution in [3.05, 3.63) is 71.8 Å². The highest BCUT2D eigenvalue weighted by atomic mass is 79.9. The van der Waals surface area contributed by atoms with Gasteiger partial charge in [-0.1, -0.05) is 76.6 Å². The van der Waals surface area contributed by atoms with Crippen LogP contribution in [0.15, 0.2) is 60.7 Å². The minimum Gasteiger partial charge on any atom is -0.312 e. The van der Waals surface area contributed by atoms with E-state index in [4.69, 9.17) is 0 Å². The van der Waals surface area contributed by atoms with Crippen LogP contribution in [0.3, 0.4) is 0 Å². The molecule has 0 amide bonds. The molecule has 1 aliphatic heterocycles. The van der Waals surface area contributed by atoms with E-state index in [1.807, 2.05) is 0 Å². The van der Waals surface area contributed by atoms with Crippen molar-refractivity contribution >= 4 is 15.9 Å². The van der Waals surface area contributed by atoms with Crippen LogP contribution in [-0.2, 0) is 4.32 Å². The molecule has 1 nitrogen and oxygen atoms in total. The van der Waals surface area contributed by atoms with E-state index in [2.05, 4.69) is 81.9 Å². The highest BCUT2D eigenvalue weighted by Crippen LogP contribution is 2.44. The third kappa shape index (κ3) is 2.35. The van der Waals surface area contributed by atoms with Crippen molar-refractivity contribution < 1.29 is 0 Å². The fourth-order valence-corrected chi connectivity index (χ4v) is 3.87. The van der Waals surface area contributed by atoms with Crippen molar-refractivity contribution in [2.45, 2.75) is 23.2 Å². The first-order valence-corrected chi connectivity index (χ1v) is 7.64. The summed E-state index contributed by atoms with van der Waals surface area (Å²) >= 11 is 4.07. The number of nitrogens with one attached hydrogen (secondary N) is 1. The van der Waals surface area contributed by atoms with Crippen LogP contribution < -0.4 is 5.32 Å². The van der Waals surface area contributed by atoms with Gasteiger partial charge in [-0.25, -0.2) is 0 Å². The van der Waals surface area contributed by atoms with Crippen LogP contribution in [0.25, 0.3) is 0 Å². The largest absolute Gasteiger partial charge is 0.312 e.